The van der Waals surface area contributed by atoms with Gasteiger partial charge in [0.05, 0.1) is 12.2 Å². The Morgan fingerprint density at radius 2 is 2.04 bits per heavy atom. The molecule has 3 heterocycles. The van der Waals surface area contributed by atoms with Crippen molar-refractivity contribution in [3.8, 4) is 0 Å². The number of anilines is 1. The van der Waals surface area contributed by atoms with Gasteiger partial charge in [-0.25, -0.2) is 0 Å². The molecule has 2 aromatic rings. The lowest BCUT2D eigenvalue weighted by Crippen LogP contribution is -2.48. The van der Waals surface area contributed by atoms with E-state index in [1.807, 2.05) is 48.6 Å². The minimum atomic E-state index is -0.438. The van der Waals surface area contributed by atoms with E-state index < -0.39 is 6.04 Å². The lowest BCUT2D eigenvalue weighted by atomic mass is 10.1. The zero-order chi connectivity index (χ0) is 17.6. The highest BCUT2D eigenvalue weighted by atomic mass is 16.2. The van der Waals surface area contributed by atoms with Gasteiger partial charge < -0.3 is 4.90 Å². The molecule has 1 saturated heterocycles. The second kappa shape index (κ2) is 6.02. The molecule has 0 saturated carbocycles. The molecule has 2 aliphatic rings. The summed E-state index contributed by atoms with van der Waals surface area (Å²) in [4.78, 5) is 29.2. The van der Waals surface area contributed by atoms with Crippen molar-refractivity contribution in [1.29, 1.82) is 0 Å². The first-order valence-electron chi connectivity index (χ1n) is 8.73. The van der Waals surface area contributed by atoms with E-state index in [-0.39, 0.29) is 17.9 Å². The molecule has 0 bridgehead atoms. The minimum absolute atomic E-state index is 0.0396. The van der Waals surface area contributed by atoms with Crippen LogP contribution >= 0.6 is 0 Å². The van der Waals surface area contributed by atoms with Gasteiger partial charge in [0.25, 0.3) is 0 Å². The van der Waals surface area contributed by atoms with Crippen molar-refractivity contribution >= 4 is 17.5 Å². The third-order valence-electron chi connectivity index (χ3n) is 5.25. The Hall–Kier alpha value is -2.63. The lowest BCUT2D eigenvalue weighted by Gasteiger charge is -2.31. The monoisotopic (exact) mass is 338 g/mol. The third-order valence-corrected chi connectivity index (χ3v) is 5.25. The van der Waals surface area contributed by atoms with E-state index in [4.69, 9.17) is 0 Å². The topological polar surface area (TPSA) is 58.4 Å². The number of hydrogen-bond acceptors (Lipinski definition) is 3. The average Bonchev–Trinajstić information content (AvgIpc) is 3.30. The van der Waals surface area contributed by atoms with Crippen LogP contribution in [0.3, 0.4) is 0 Å². The van der Waals surface area contributed by atoms with E-state index in [9.17, 15) is 9.59 Å². The number of likely N-dealkylation sites (tertiary alicyclic amines) is 1. The van der Waals surface area contributed by atoms with Gasteiger partial charge in [0.15, 0.2) is 0 Å². The smallest absolute Gasteiger partial charge is 0.246 e. The highest BCUT2D eigenvalue weighted by Gasteiger charge is 2.42. The molecule has 4 rings (SSSR count). The van der Waals surface area contributed by atoms with E-state index >= 15 is 0 Å². The summed E-state index contributed by atoms with van der Waals surface area (Å²) >= 11 is 0. The fourth-order valence-electron chi connectivity index (χ4n) is 4.15. The molecule has 0 aliphatic carbocycles. The second-order valence-corrected chi connectivity index (χ2v) is 6.87. The largest absolute Gasteiger partial charge is 0.334 e. The lowest BCUT2D eigenvalue weighted by molar-refractivity contribution is -0.135. The van der Waals surface area contributed by atoms with E-state index in [0.29, 0.717) is 6.42 Å². The Bertz CT molecular complexity index is 828. The van der Waals surface area contributed by atoms with Gasteiger partial charge in [0.2, 0.25) is 11.8 Å². The second-order valence-electron chi connectivity index (χ2n) is 6.87. The van der Waals surface area contributed by atoms with Crippen LogP contribution in [0.4, 0.5) is 5.69 Å². The Morgan fingerprint density at radius 3 is 2.76 bits per heavy atom. The zero-order valence-electron chi connectivity index (χ0n) is 14.6. The Balaban J connectivity index is 1.63. The molecule has 0 unspecified atom stereocenters. The maximum atomic E-state index is 13.3. The van der Waals surface area contributed by atoms with Crippen molar-refractivity contribution in [2.75, 3.05) is 11.4 Å². The number of fused-ring (bicyclic) bond motifs is 1. The average molecular weight is 338 g/mol. The van der Waals surface area contributed by atoms with Crippen LogP contribution in [0.25, 0.3) is 0 Å². The SMILES string of the molecule is CC(=O)N1c2ccccc2C[C@H]1C(=O)N1CCC[C@H]1c1cnn(C)c1. The molecule has 0 spiro atoms. The summed E-state index contributed by atoms with van der Waals surface area (Å²) in [6.45, 7) is 2.27. The van der Waals surface area contributed by atoms with Gasteiger partial charge in [-0.3, -0.25) is 19.2 Å². The summed E-state index contributed by atoms with van der Waals surface area (Å²) in [7, 11) is 1.88. The predicted octanol–water partition coefficient (Wildman–Crippen LogP) is 2.06. The Morgan fingerprint density at radius 1 is 1.24 bits per heavy atom. The van der Waals surface area contributed by atoms with Gasteiger partial charge in [-0.15, -0.1) is 0 Å². The van der Waals surface area contributed by atoms with Crippen LogP contribution in [0.5, 0.6) is 0 Å². The molecular formula is C19H22N4O2. The van der Waals surface area contributed by atoms with Crippen LogP contribution in [0.1, 0.15) is 36.9 Å². The number of nitrogens with zero attached hydrogens (tertiary/aromatic N) is 4. The van der Waals surface area contributed by atoms with Gasteiger partial charge in [-0.2, -0.15) is 5.10 Å². The molecule has 2 amide bonds. The number of benzene rings is 1. The van der Waals surface area contributed by atoms with E-state index in [0.717, 1.165) is 36.2 Å². The molecule has 1 aromatic heterocycles. The highest BCUT2D eigenvalue weighted by Crippen LogP contribution is 2.37. The number of amides is 2. The quantitative estimate of drug-likeness (QED) is 0.842. The summed E-state index contributed by atoms with van der Waals surface area (Å²) in [5.41, 5.74) is 3.00. The molecule has 2 atom stereocenters. The summed E-state index contributed by atoms with van der Waals surface area (Å²) in [5.74, 6) is -0.0434. The van der Waals surface area contributed by atoms with Gasteiger partial charge in [-0.1, -0.05) is 18.2 Å². The fourth-order valence-corrected chi connectivity index (χ4v) is 4.15. The predicted molar refractivity (Wildman–Crippen MR) is 94.0 cm³/mol. The molecule has 0 N–H and O–H groups in total. The standard InChI is InChI=1S/C19H22N4O2/c1-13(24)23-17-7-4-3-6-14(17)10-18(23)19(25)22-9-5-8-16(22)15-11-20-21(2)12-15/h3-4,6-7,11-12,16,18H,5,8-10H2,1-2H3/t16-,18-/m0/s1. The van der Waals surface area contributed by atoms with Crippen LogP contribution < -0.4 is 4.90 Å². The summed E-state index contributed by atoms with van der Waals surface area (Å²) in [6.07, 6.45) is 6.32. The Labute approximate surface area is 147 Å². The maximum Gasteiger partial charge on any atom is 0.246 e. The third kappa shape index (κ3) is 2.62. The van der Waals surface area contributed by atoms with Crippen molar-refractivity contribution in [2.24, 2.45) is 7.05 Å². The minimum Gasteiger partial charge on any atom is -0.334 e. The first kappa shape index (κ1) is 15.9. The number of rotatable bonds is 2. The molecular weight excluding hydrogens is 316 g/mol. The van der Waals surface area contributed by atoms with Gasteiger partial charge in [0, 0.05) is 44.4 Å². The first-order chi connectivity index (χ1) is 12.1. The van der Waals surface area contributed by atoms with Crippen molar-refractivity contribution in [2.45, 2.75) is 38.3 Å². The van der Waals surface area contributed by atoms with Crippen molar-refractivity contribution in [3.63, 3.8) is 0 Å². The fraction of sp³-hybridized carbons (Fsp3) is 0.421. The summed E-state index contributed by atoms with van der Waals surface area (Å²) < 4.78 is 1.77. The van der Waals surface area contributed by atoms with E-state index in [2.05, 4.69) is 5.10 Å². The van der Waals surface area contributed by atoms with E-state index in [1.165, 1.54) is 6.92 Å². The molecule has 25 heavy (non-hydrogen) atoms. The van der Waals surface area contributed by atoms with Crippen molar-refractivity contribution in [3.05, 3.63) is 47.8 Å². The maximum absolute atomic E-state index is 13.3. The summed E-state index contributed by atoms with van der Waals surface area (Å²) in [6, 6.07) is 7.41. The molecule has 6 nitrogen and oxygen atoms in total. The number of carbonyl (C=O) groups is 2. The van der Waals surface area contributed by atoms with Crippen molar-refractivity contribution in [1.82, 2.24) is 14.7 Å². The number of aryl methyl sites for hydroxylation is 1. The number of para-hydroxylation sites is 1. The van der Waals surface area contributed by atoms with Crippen molar-refractivity contribution < 1.29 is 9.59 Å². The highest BCUT2D eigenvalue weighted by molar-refractivity contribution is 6.02. The molecule has 1 aromatic carbocycles. The molecule has 2 aliphatic heterocycles. The normalized spacial score (nSPS) is 22.3. The van der Waals surface area contributed by atoms with Crippen LogP contribution in [-0.4, -0.2) is 39.1 Å². The van der Waals surface area contributed by atoms with Crippen LogP contribution in [0, 0.1) is 0 Å². The van der Waals surface area contributed by atoms with E-state index in [1.54, 1.807) is 9.58 Å². The van der Waals surface area contributed by atoms with Gasteiger partial charge in [0.1, 0.15) is 6.04 Å². The van der Waals surface area contributed by atoms with Crippen LogP contribution in [0.15, 0.2) is 36.7 Å². The molecule has 6 heteroatoms. The van der Waals surface area contributed by atoms with Gasteiger partial charge in [-0.05, 0) is 24.5 Å². The summed E-state index contributed by atoms with van der Waals surface area (Å²) in [5, 5.41) is 4.24. The van der Waals surface area contributed by atoms with Crippen LogP contribution in [0.2, 0.25) is 0 Å². The molecule has 130 valence electrons. The van der Waals surface area contributed by atoms with Crippen LogP contribution in [-0.2, 0) is 23.1 Å². The Kier molecular flexibility index (Phi) is 3.82. The molecule has 1 fully saturated rings. The zero-order valence-corrected chi connectivity index (χ0v) is 14.6. The number of aromatic nitrogens is 2. The number of carbonyl (C=O) groups excluding carboxylic acids is 2. The first-order valence-corrected chi connectivity index (χ1v) is 8.73. The number of hydrogen-bond donors (Lipinski definition) is 0. The molecule has 0 radical (unpaired) electrons. The van der Waals surface area contributed by atoms with Gasteiger partial charge >= 0.3 is 0 Å².